The van der Waals surface area contributed by atoms with Crippen molar-refractivity contribution in [1.82, 2.24) is 4.98 Å². The van der Waals surface area contributed by atoms with Crippen molar-refractivity contribution in [2.45, 2.75) is 38.5 Å². The fourth-order valence-electron chi connectivity index (χ4n) is 4.53. The topological polar surface area (TPSA) is 74.4 Å². The Morgan fingerprint density at radius 2 is 2.08 bits per heavy atom. The van der Waals surface area contributed by atoms with Gasteiger partial charge in [0.1, 0.15) is 11.5 Å². The van der Waals surface area contributed by atoms with Crippen molar-refractivity contribution < 1.29 is 14.3 Å². The van der Waals surface area contributed by atoms with Crippen molar-refractivity contribution in [3.63, 3.8) is 0 Å². The second-order valence-electron chi connectivity index (χ2n) is 7.72. The monoisotopic (exact) mass is 354 g/mol. The van der Waals surface area contributed by atoms with E-state index >= 15 is 0 Å². The summed E-state index contributed by atoms with van der Waals surface area (Å²) in [5.74, 6) is 2.88. The first kappa shape index (κ1) is 17.1. The molecule has 0 radical (unpaired) electrons. The Balaban J connectivity index is 1.49. The van der Waals surface area contributed by atoms with Crippen LogP contribution in [0.5, 0.6) is 11.5 Å². The highest BCUT2D eigenvalue weighted by Gasteiger charge is 2.29. The van der Waals surface area contributed by atoms with Crippen molar-refractivity contribution in [3.05, 3.63) is 30.0 Å². The van der Waals surface area contributed by atoms with E-state index in [1.54, 1.807) is 7.11 Å². The smallest absolute Gasteiger partial charge is 0.220 e. The molecular formula is C21H26N2O3. The minimum absolute atomic E-state index is 0.0806. The van der Waals surface area contributed by atoms with Gasteiger partial charge in [0.2, 0.25) is 5.91 Å². The second kappa shape index (κ2) is 7.14. The number of ether oxygens (including phenoxy) is 2. The minimum Gasteiger partial charge on any atom is -0.497 e. The van der Waals surface area contributed by atoms with Gasteiger partial charge in [0, 0.05) is 16.9 Å². The number of nitrogens with zero attached hydrogens (tertiary/aromatic N) is 1. The van der Waals surface area contributed by atoms with E-state index in [4.69, 9.17) is 15.2 Å². The molecule has 1 saturated carbocycles. The lowest BCUT2D eigenvalue weighted by molar-refractivity contribution is -0.123. The highest BCUT2D eigenvalue weighted by molar-refractivity contribution is 5.85. The molecule has 0 spiro atoms. The molecule has 2 aliphatic rings. The van der Waals surface area contributed by atoms with Crippen LogP contribution in [-0.2, 0) is 11.2 Å². The first-order valence-corrected chi connectivity index (χ1v) is 9.51. The second-order valence-corrected chi connectivity index (χ2v) is 7.72. The van der Waals surface area contributed by atoms with Crippen LogP contribution in [0.15, 0.2) is 24.4 Å². The molecule has 1 atom stereocenters. The Bertz CT molecular complexity index is 807. The lowest BCUT2D eigenvalue weighted by Gasteiger charge is -2.32. The predicted octanol–water partition coefficient (Wildman–Crippen LogP) is 3.48. The molecule has 138 valence electrons. The van der Waals surface area contributed by atoms with Crippen molar-refractivity contribution in [2.75, 3.05) is 13.7 Å². The number of carbonyl (C=O) groups excluding carboxylic acids is 1. The van der Waals surface area contributed by atoms with E-state index in [0.29, 0.717) is 11.8 Å². The summed E-state index contributed by atoms with van der Waals surface area (Å²) in [5.41, 5.74) is 7.68. The Hall–Kier alpha value is -2.30. The molecule has 0 bridgehead atoms. The Kier molecular flexibility index (Phi) is 4.70. The van der Waals surface area contributed by atoms with E-state index < -0.39 is 0 Å². The third-order valence-electron chi connectivity index (χ3n) is 6.03. The predicted molar refractivity (Wildman–Crippen MR) is 100 cm³/mol. The van der Waals surface area contributed by atoms with Crippen LogP contribution in [0.3, 0.4) is 0 Å². The number of nitrogens with two attached hydrogens (primary N) is 1. The number of benzene rings is 1. The summed E-state index contributed by atoms with van der Waals surface area (Å²) in [5, 5.41) is 1.13. The molecule has 0 saturated heterocycles. The van der Waals surface area contributed by atoms with Crippen LogP contribution in [-0.4, -0.2) is 24.6 Å². The fraction of sp³-hybridized carbons (Fsp3) is 0.524. The molecule has 1 amide bonds. The number of rotatable bonds is 4. The summed E-state index contributed by atoms with van der Waals surface area (Å²) >= 11 is 0. The summed E-state index contributed by atoms with van der Waals surface area (Å²) in [7, 11) is 1.69. The van der Waals surface area contributed by atoms with E-state index in [-0.39, 0.29) is 11.8 Å². The SMILES string of the molecule is COc1ccc2ncc3c(c2c1)CC(C[C@H]1CC[C@H](C(N)=O)CC1)CO3. The molecule has 2 N–H and O–H groups in total. The molecule has 1 aromatic carbocycles. The van der Waals surface area contributed by atoms with Gasteiger partial charge in [-0.2, -0.15) is 0 Å². The number of hydrogen-bond donors (Lipinski definition) is 1. The normalized spacial score (nSPS) is 25.3. The van der Waals surface area contributed by atoms with Crippen molar-refractivity contribution in [3.8, 4) is 11.5 Å². The largest absolute Gasteiger partial charge is 0.497 e. The number of fused-ring (bicyclic) bond motifs is 3. The first-order chi connectivity index (χ1) is 12.6. The molecule has 26 heavy (non-hydrogen) atoms. The van der Waals surface area contributed by atoms with Crippen molar-refractivity contribution in [1.29, 1.82) is 0 Å². The maximum Gasteiger partial charge on any atom is 0.220 e. The van der Waals surface area contributed by atoms with Crippen LogP contribution in [0.1, 0.15) is 37.7 Å². The van der Waals surface area contributed by atoms with Crippen LogP contribution in [0.4, 0.5) is 0 Å². The fourth-order valence-corrected chi connectivity index (χ4v) is 4.53. The minimum atomic E-state index is -0.133. The average molecular weight is 354 g/mol. The highest BCUT2D eigenvalue weighted by atomic mass is 16.5. The number of primary amides is 1. The summed E-state index contributed by atoms with van der Waals surface area (Å²) in [6.07, 6.45) is 8.08. The van der Waals surface area contributed by atoms with Crippen LogP contribution in [0, 0.1) is 17.8 Å². The summed E-state index contributed by atoms with van der Waals surface area (Å²) in [4.78, 5) is 15.9. The van der Waals surface area contributed by atoms with Gasteiger partial charge in [0.05, 0.1) is 25.4 Å². The number of methoxy groups -OCH3 is 1. The van der Waals surface area contributed by atoms with Gasteiger partial charge in [-0.25, -0.2) is 0 Å². The van der Waals surface area contributed by atoms with Crippen LogP contribution < -0.4 is 15.2 Å². The van der Waals surface area contributed by atoms with Gasteiger partial charge >= 0.3 is 0 Å². The molecule has 5 heteroatoms. The molecule has 2 heterocycles. The maximum atomic E-state index is 11.4. The molecule has 4 rings (SSSR count). The zero-order valence-corrected chi connectivity index (χ0v) is 15.2. The van der Waals surface area contributed by atoms with E-state index in [2.05, 4.69) is 11.1 Å². The molecule has 5 nitrogen and oxygen atoms in total. The van der Waals surface area contributed by atoms with Gasteiger partial charge < -0.3 is 15.2 Å². The lowest BCUT2D eigenvalue weighted by atomic mass is 9.76. The zero-order valence-electron chi connectivity index (χ0n) is 15.2. The summed E-state index contributed by atoms with van der Waals surface area (Å²) in [6.45, 7) is 0.750. The van der Waals surface area contributed by atoms with Crippen LogP contribution in [0.2, 0.25) is 0 Å². The van der Waals surface area contributed by atoms with Gasteiger partial charge in [0.25, 0.3) is 0 Å². The quantitative estimate of drug-likeness (QED) is 0.912. The summed E-state index contributed by atoms with van der Waals surface area (Å²) in [6, 6.07) is 6.01. The van der Waals surface area contributed by atoms with E-state index in [1.165, 1.54) is 5.56 Å². The molecule has 1 unspecified atom stereocenters. The van der Waals surface area contributed by atoms with Gasteiger partial charge in [-0.3, -0.25) is 9.78 Å². The zero-order chi connectivity index (χ0) is 18.1. The number of carbonyl (C=O) groups is 1. The Morgan fingerprint density at radius 3 is 2.81 bits per heavy atom. The average Bonchev–Trinajstić information content (AvgIpc) is 2.68. The number of hydrogen-bond acceptors (Lipinski definition) is 4. The molecule has 1 aliphatic heterocycles. The number of pyridine rings is 1. The molecule has 1 fully saturated rings. The van der Waals surface area contributed by atoms with Gasteiger partial charge in [-0.1, -0.05) is 0 Å². The van der Waals surface area contributed by atoms with Crippen molar-refractivity contribution >= 4 is 16.8 Å². The maximum absolute atomic E-state index is 11.4. The van der Waals surface area contributed by atoms with Gasteiger partial charge in [0.15, 0.2) is 0 Å². The first-order valence-electron chi connectivity index (χ1n) is 9.51. The highest BCUT2D eigenvalue weighted by Crippen LogP contribution is 2.38. The van der Waals surface area contributed by atoms with Crippen LogP contribution in [0.25, 0.3) is 10.9 Å². The molecule has 1 aromatic heterocycles. The number of aromatic nitrogens is 1. The van der Waals surface area contributed by atoms with E-state index in [9.17, 15) is 4.79 Å². The molecule has 1 aliphatic carbocycles. The molecular weight excluding hydrogens is 328 g/mol. The third kappa shape index (κ3) is 3.35. The summed E-state index contributed by atoms with van der Waals surface area (Å²) < 4.78 is 11.4. The number of amides is 1. The molecule has 2 aromatic rings. The van der Waals surface area contributed by atoms with Gasteiger partial charge in [-0.05, 0) is 68.6 Å². The Labute approximate surface area is 153 Å². The third-order valence-corrected chi connectivity index (χ3v) is 6.03. The Morgan fingerprint density at radius 1 is 1.27 bits per heavy atom. The van der Waals surface area contributed by atoms with E-state index in [1.807, 2.05) is 18.3 Å². The van der Waals surface area contributed by atoms with Crippen molar-refractivity contribution in [2.24, 2.45) is 23.5 Å². The lowest BCUT2D eigenvalue weighted by Crippen LogP contribution is -2.29. The standard InChI is InChI=1S/C21H26N2O3/c1-25-16-6-7-19-17(10-16)18-9-14(12-26-20(18)11-23-19)8-13-2-4-15(5-3-13)21(22)24/h6-7,10-11,13-15H,2-5,8-9,12H2,1H3,(H2,22,24)/t13-,14?,15-. The van der Waals surface area contributed by atoms with E-state index in [0.717, 1.165) is 67.5 Å². The van der Waals surface area contributed by atoms with Crippen LogP contribution >= 0.6 is 0 Å². The van der Waals surface area contributed by atoms with Gasteiger partial charge in [-0.15, -0.1) is 0 Å².